The Hall–Kier alpha value is -3.09. The molecule has 0 spiro atoms. The third kappa shape index (κ3) is 4.50. The predicted octanol–water partition coefficient (Wildman–Crippen LogP) is 1.80. The molecule has 1 aliphatic carbocycles. The Bertz CT molecular complexity index is 648. The Morgan fingerprint density at radius 2 is 1.90 bits per heavy atom. The van der Waals surface area contributed by atoms with Crippen LogP contribution in [0.2, 0.25) is 0 Å². The van der Waals surface area contributed by atoms with Gasteiger partial charge in [-0.15, -0.1) is 0 Å². The molecule has 0 aliphatic heterocycles. The molecule has 0 bridgehead atoms. The first-order valence-corrected chi connectivity index (χ1v) is 5.78. The minimum atomic E-state index is -1.06. The van der Waals surface area contributed by atoms with Crippen molar-refractivity contribution in [2.45, 2.75) is 0 Å². The van der Waals surface area contributed by atoms with Crippen molar-refractivity contribution in [3.05, 3.63) is 47.7 Å². The van der Waals surface area contributed by atoms with Crippen LogP contribution in [0.15, 0.2) is 42.2 Å². The largest absolute Gasteiger partial charge is 0.506 e. The Morgan fingerprint density at radius 3 is 2.38 bits per heavy atom. The molecular formula is C14H15N3O4. The summed E-state index contributed by atoms with van der Waals surface area (Å²) in [6, 6.07) is 3.74. The van der Waals surface area contributed by atoms with Crippen molar-refractivity contribution < 1.29 is 19.7 Å². The van der Waals surface area contributed by atoms with Crippen LogP contribution in [0.5, 0.6) is 5.75 Å². The molecule has 0 radical (unpaired) electrons. The van der Waals surface area contributed by atoms with Crippen molar-refractivity contribution in [1.82, 2.24) is 0 Å². The van der Waals surface area contributed by atoms with Gasteiger partial charge < -0.3 is 20.7 Å². The fourth-order valence-corrected chi connectivity index (χ4v) is 1.34. The smallest absolute Gasteiger partial charge is 0.335 e. The molecule has 0 atom stereocenters. The minimum absolute atomic E-state index is 0.0697. The van der Waals surface area contributed by atoms with Gasteiger partial charge in [-0.2, -0.15) is 0 Å². The quantitative estimate of drug-likeness (QED) is 0.321. The number of aromatic hydroxyl groups is 1. The van der Waals surface area contributed by atoms with Gasteiger partial charge in [0.05, 0.1) is 29.8 Å². The van der Waals surface area contributed by atoms with Gasteiger partial charge in [-0.1, -0.05) is 0 Å². The molecule has 6 N–H and O–H groups in total. The Morgan fingerprint density at radius 1 is 1.24 bits per heavy atom. The highest BCUT2D eigenvalue weighted by molar-refractivity contribution is 6.48. The van der Waals surface area contributed by atoms with E-state index in [1.807, 2.05) is 0 Å². The van der Waals surface area contributed by atoms with Gasteiger partial charge in [0.15, 0.2) is 0 Å². The van der Waals surface area contributed by atoms with Crippen LogP contribution in [0, 0.1) is 10.8 Å². The van der Waals surface area contributed by atoms with E-state index in [9.17, 15) is 4.79 Å². The van der Waals surface area contributed by atoms with Crippen molar-refractivity contribution >= 4 is 23.1 Å². The number of hydrogen-bond donors (Lipinski definition) is 5. The number of carbonyl (C=O) groups is 1. The highest BCUT2D eigenvalue weighted by Gasteiger charge is 2.05. The molecule has 0 unspecified atom stereocenters. The number of benzene rings is 1. The second-order valence-corrected chi connectivity index (χ2v) is 3.99. The maximum Gasteiger partial charge on any atom is 0.335 e. The molecule has 7 heteroatoms. The number of methoxy groups -OCH3 is 1. The fraction of sp³-hybridized carbons (Fsp3) is 0.0714. The van der Waals surface area contributed by atoms with E-state index >= 15 is 0 Å². The number of carboxylic acids is 1. The topological polar surface area (TPSA) is 140 Å². The van der Waals surface area contributed by atoms with E-state index in [-0.39, 0.29) is 28.4 Å². The van der Waals surface area contributed by atoms with Gasteiger partial charge in [-0.25, -0.2) is 4.79 Å². The Kier molecular flexibility index (Phi) is 5.24. The van der Waals surface area contributed by atoms with Crippen molar-refractivity contribution in [3.63, 3.8) is 0 Å². The lowest BCUT2D eigenvalue weighted by Crippen LogP contribution is -2.10. The van der Waals surface area contributed by atoms with Crippen LogP contribution in [0.1, 0.15) is 10.4 Å². The number of hydrogen-bond acceptors (Lipinski definition) is 6. The molecule has 0 amide bonds. The zero-order chi connectivity index (χ0) is 16.0. The maximum atomic E-state index is 10.3. The number of allylic oxidation sites excluding steroid dienone is 3. The van der Waals surface area contributed by atoms with E-state index in [0.29, 0.717) is 5.76 Å². The third-order valence-corrected chi connectivity index (χ3v) is 2.50. The van der Waals surface area contributed by atoms with Gasteiger partial charge in [-0.05, 0) is 30.4 Å². The summed E-state index contributed by atoms with van der Waals surface area (Å²) in [5.74, 6) is -0.535. The molecule has 0 saturated heterocycles. The molecule has 2 rings (SSSR count). The number of aromatic carboxylic acids is 1. The SMILES string of the molecule is COC1=CC(=N)C(=N)C=C1.Nc1cc(C(=O)O)ccc1O. The molecule has 7 nitrogen and oxygen atoms in total. The maximum absolute atomic E-state index is 10.3. The lowest BCUT2D eigenvalue weighted by Gasteiger charge is -2.05. The van der Waals surface area contributed by atoms with Crippen LogP contribution in [0.25, 0.3) is 0 Å². The molecular weight excluding hydrogens is 274 g/mol. The summed E-state index contributed by atoms with van der Waals surface area (Å²) in [7, 11) is 1.54. The van der Waals surface area contributed by atoms with Crippen molar-refractivity contribution in [2.24, 2.45) is 0 Å². The second kappa shape index (κ2) is 6.90. The summed E-state index contributed by atoms with van der Waals surface area (Å²) < 4.78 is 4.85. The number of rotatable bonds is 2. The van der Waals surface area contributed by atoms with E-state index in [0.717, 1.165) is 0 Å². The first-order chi connectivity index (χ1) is 9.85. The zero-order valence-corrected chi connectivity index (χ0v) is 11.3. The Labute approximate surface area is 121 Å². The van der Waals surface area contributed by atoms with Crippen molar-refractivity contribution in [3.8, 4) is 5.75 Å². The highest BCUT2D eigenvalue weighted by atomic mass is 16.5. The summed E-state index contributed by atoms with van der Waals surface area (Å²) >= 11 is 0. The number of nitrogen functional groups attached to an aromatic ring is 1. The van der Waals surface area contributed by atoms with Gasteiger partial charge in [0.2, 0.25) is 0 Å². The summed E-state index contributed by atoms with van der Waals surface area (Å²) in [6.45, 7) is 0. The van der Waals surface area contributed by atoms with Gasteiger partial charge in [0, 0.05) is 6.08 Å². The number of phenols is 1. The molecule has 110 valence electrons. The van der Waals surface area contributed by atoms with E-state index in [2.05, 4.69) is 0 Å². The average Bonchev–Trinajstić information content (AvgIpc) is 2.45. The minimum Gasteiger partial charge on any atom is -0.506 e. The first-order valence-electron chi connectivity index (χ1n) is 5.78. The van der Waals surface area contributed by atoms with Gasteiger partial charge in [0.1, 0.15) is 11.5 Å². The van der Waals surface area contributed by atoms with Gasteiger partial charge >= 0.3 is 5.97 Å². The number of carboxylic acid groups (broad SMARTS) is 1. The third-order valence-electron chi connectivity index (χ3n) is 2.50. The van der Waals surface area contributed by atoms with E-state index in [4.69, 9.17) is 31.5 Å². The standard InChI is InChI=1S/C7H8N2O.C7H7NO3/c1-10-5-2-3-6(8)7(9)4-5;8-5-3-4(7(10)11)1-2-6(5)9/h2-4,8-9H,1H3;1-3,9H,8H2,(H,10,11). The van der Waals surface area contributed by atoms with E-state index in [1.54, 1.807) is 19.3 Å². The van der Waals surface area contributed by atoms with Crippen LogP contribution < -0.4 is 5.73 Å². The molecule has 1 aromatic carbocycles. The van der Waals surface area contributed by atoms with Crippen LogP contribution in [0.4, 0.5) is 5.69 Å². The molecule has 0 fully saturated rings. The van der Waals surface area contributed by atoms with Crippen LogP contribution in [-0.2, 0) is 4.74 Å². The predicted molar refractivity (Wildman–Crippen MR) is 79.2 cm³/mol. The summed E-state index contributed by atoms with van der Waals surface area (Å²) in [5, 5.41) is 31.7. The number of anilines is 1. The number of phenolic OH excluding ortho intramolecular Hbond substituents is 1. The lowest BCUT2D eigenvalue weighted by molar-refractivity contribution is 0.0697. The number of nitrogens with one attached hydrogen (secondary N) is 2. The van der Waals surface area contributed by atoms with Crippen molar-refractivity contribution in [1.29, 1.82) is 10.8 Å². The van der Waals surface area contributed by atoms with E-state index in [1.165, 1.54) is 24.3 Å². The average molecular weight is 289 g/mol. The molecule has 1 aromatic rings. The highest BCUT2D eigenvalue weighted by Crippen LogP contribution is 2.19. The summed E-state index contributed by atoms with van der Waals surface area (Å²) in [5.41, 5.74) is 5.81. The molecule has 1 aliphatic rings. The van der Waals surface area contributed by atoms with Gasteiger partial charge in [0.25, 0.3) is 0 Å². The molecule has 0 aromatic heterocycles. The van der Waals surface area contributed by atoms with E-state index < -0.39 is 5.97 Å². The zero-order valence-electron chi connectivity index (χ0n) is 11.3. The lowest BCUT2D eigenvalue weighted by atomic mass is 10.1. The first kappa shape index (κ1) is 16.0. The second-order valence-electron chi connectivity index (χ2n) is 3.99. The summed E-state index contributed by atoms with van der Waals surface area (Å²) in [4.78, 5) is 10.3. The number of ether oxygens (including phenoxy) is 1. The normalized spacial score (nSPS) is 13.1. The van der Waals surface area contributed by atoms with Crippen LogP contribution >= 0.6 is 0 Å². The molecule has 0 heterocycles. The Balaban J connectivity index is 0.000000211. The fourth-order valence-electron chi connectivity index (χ4n) is 1.34. The number of nitrogens with two attached hydrogens (primary N) is 1. The van der Waals surface area contributed by atoms with Crippen LogP contribution in [0.3, 0.4) is 0 Å². The molecule has 0 saturated carbocycles. The van der Waals surface area contributed by atoms with Crippen LogP contribution in [-0.4, -0.2) is 34.7 Å². The van der Waals surface area contributed by atoms with Gasteiger partial charge in [-0.3, -0.25) is 10.8 Å². The molecule has 21 heavy (non-hydrogen) atoms. The van der Waals surface area contributed by atoms with Crippen molar-refractivity contribution in [2.75, 3.05) is 12.8 Å². The monoisotopic (exact) mass is 289 g/mol. The summed E-state index contributed by atoms with van der Waals surface area (Å²) in [6.07, 6.45) is 4.73.